The molecule has 19 heavy (non-hydrogen) atoms. The van der Waals surface area contributed by atoms with Gasteiger partial charge in [-0.2, -0.15) is 4.31 Å². The first-order chi connectivity index (χ1) is 8.73. The maximum Gasteiger partial charge on any atom is 0.322 e. The van der Waals surface area contributed by atoms with Gasteiger partial charge >= 0.3 is 5.97 Å². The van der Waals surface area contributed by atoms with E-state index in [-0.39, 0.29) is 26.5 Å². The highest BCUT2D eigenvalue weighted by Gasteiger charge is 2.44. The van der Waals surface area contributed by atoms with Crippen molar-refractivity contribution >= 4 is 50.5 Å². The standard InChI is InChI=1S/C9H9Cl2NO5S2/c10-7-2-6(8(11)18-7)19(16,17)12-3-4(13)1-5(12)9(14)15/h2,4-5,13H,1,3H2,(H,14,15)/t4-,5+/m1/s1. The Labute approximate surface area is 123 Å². The van der Waals surface area contributed by atoms with Gasteiger partial charge in [-0.25, -0.2) is 8.42 Å². The molecule has 1 aromatic rings. The van der Waals surface area contributed by atoms with Crippen LogP contribution in [0.2, 0.25) is 8.67 Å². The van der Waals surface area contributed by atoms with Crippen LogP contribution in [0.3, 0.4) is 0 Å². The SMILES string of the molecule is O=C(O)[C@@H]1C[C@@H](O)CN1S(=O)(=O)c1cc(Cl)sc1Cl. The first-order valence-corrected chi connectivity index (χ1v) is 8.12. The largest absolute Gasteiger partial charge is 0.480 e. The summed E-state index contributed by atoms with van der Waals surface area (Å²) in [6.07, 6.45) is -1.16. The number of aliphatic hydroxyl groups excluding tert-OH is 1. The van der Waals surface area contributed by atoms with Crippen LogP contribution in [0.25, 0.3) is 0 Å². The van der Waals surface area contributed by atoms with Gasteiger partial charge in [-0.3, -0.25) is 4.79 Å². The number of carboxylic acid groups (broad SMARTS) is 1. The van der Waals surface area contributed by atoms with Crippen molar-refractivity contribution in [2.24, 2.45) is 0 Å². The van der Waals surface area contributed by atoms with Crippen molar-refractivity contribution in [3.8, 4) is 0 Å². The third kappa shape index (κ3) is 2.74. The summed E-state index contributed by atoms with van der Waals surface area (Å²) in [5.74, 6) is -1.31. The number of hydrogen-bond acceptors (Lipinski definition) is 5. The number of sulfonamides is 1. The summed E-state index contributed by atoms with van der Waals surface area (Å²) in [6, 6.07) is -0.122. The molecule has 1 aliphatic rings. The molecule has 106 valence electrons. The first kappa shape index (κ1) is 15.0. The van der Waals surface area contributed by atoms with Crippen LogP contribution in [-0.2, 0) is 14.8 Å². The van der Waals surface area contributed by atoms with Crippen LogP contribution in [0.15, 0.2) is 11.0 Å². The highest BCUT2D eigenvalue weighted by molar-refractivity contribution is 7.89. The van der Waals surface area contributed by atoms with E-state index < -0.39 is 28.1 Å². The zero-order valence-electron chi connectivity index (χ0n) is 9.29. The molecule has 0 unspecified atom stereocenters. The summed E-state index contributed by atoms with van der Waals surface area (Å²) in [4.78, 5) is 10.8. The minimum Gasteiger partial charge on any atom is -0.480 e. The lowest BCUT2D eigenvalue weighted by atomic mass is 10.2. The highest BCUT2D eigenvalue weighted by atomic mass is 35.5. The molecule has 0 aliphatic carbocycles. The Morgan fingerprint density at radius 2 is 2.11 bits per heavy atom. The van der Waals surface area contributed by atoms with Gasteiger partial charge in [-0.15, -0.1) is 11.3 Å². The smallest absolute Gasteiger partial charge is 0.322 e. The van der Waals surface area contributed by atoms with Gasteiger partial charge in [0.2, 0.25) is 10.0 Å². The number of aliphatic hydroxyl groups is 1. The number of carboxylic acids is 1. The molecule has 0 bridgehead atoms. The van der Waals surface area contributed by atoms with Crippen LogP contribution in [0.1, 0.15) is 6.42 Å². The first-order valence-electron chi connectivity index (χ1n) is 5.11. The summed E-state index contributed by atoms with van der Waals surface area (Å²) in [5.41, 5.74) is 0. The minimum absolute atomic E-state index is 0.0319. The molecule has 0 amide bonds. The molecule has 0 saturated carbocycles. The lowest BCUT2D eigenvalue weighted by Gasteiger charge is -2.20. The van der Waals surface area contributed by atoms with E-state index in [0.717, 1.165) is 15.6 Å². The van der Waals surface area contributed by atoms with Crippen LogP contribution < -0.4 is 0 Å². The van der Waals surface area contributed by atoms with Crippen LogP contribution >= 0.6 is 34.5 Å². The molecule has 1 aromatic heterocycles. The molecule has 1 aliphatic heterocycles. The zero-order valence-corrected chi connectivity index (χ0v) is 12.4. The van der Waals surface area contributed by atoms with Gasteiger partial charge in [0.1, 0.15) is 15.3 Å². The van der Waals surface area contributed by atoms with Crippen molar-refractivity contribution in [2.45, 2.75) is 23.5 Å². The van der Waals surface area contributed by atoms with Crippen LogP contribution in [0.4, 0.5) is 0 Å². The predicted octanol–water partition coefficient (Wildman–Crippen LogP) is 1.26. The molecule has 0 radical (unpaired) electrons. The summed E-state index contributed by atoms with van der Waals surface area (Å²) in [5, 5.41) is 18.5. The number of hydrogen-bond donors (Lipinski definition) is 2. The van der Waals surface area contributed by atoms with Gasteiger partial charge in [0.15, 0.2) is 0 Å². The fourth-order valence-corrected chi connectivity index (χ4v) is 5.65. The van der Waals surface area contributed by atoms with E-state index in [4.69, 9.17) is 28.3 Å². The molecule has 0 spiro atoms. The van der Waals surface area contributed by atoms with E-state index in [0.29, 0.717) is 0 Å². The Morgan fingerprint density at radius 3 is 2.58 bits per heavy atom. The molecular formula is C9H9Cl2NO5S2. The summed E-state index contributed by atoms with van der Waals surface area (Å²) in [6.45, 7) is -0.275. The van der Waals surface area contributed by atoms with Crippen LogP contribution in [-0.4, -0.2) is 47.6 Å². The monoisotopic (exact) mass is 345 g/mol. The van der Waals surface area contributed by atoms with Crippen molar-refractivity contribution in [1.82, 2.24) is 4.31 Å². The molecule has 2 atom stereocenters. The Kier molecular flexibility index (Phi) is 4.10. The van der Waals surface area contributed by atoms with Crippen molar-refractivity contribution < 1.29 is 23.4 Å². The molecular weight excluding hydrogens is 337 g/mol. The second-order valence-electron chi connectivity index (χ2n) is 4.01. The number of thiophene rings is 1. The quantitative estimate of drug-likeness (QED) is 0.859. The van der Waals surface area contributed by atoms with Crippen molar-refractivity contribution in [3.63, 3.8) is 0 Å². The van der Waals surface area contributed by atoms with Gasteiger partial charge in [-0.1, -0.05) is 23.2 Å². The number of carbonyl (C=O) groups is 1. The topological polar surface area (TPSA) is 94.9 Å². The molecule has 2 rings (SSSR count). The summed E-state index contributed by atoms with van der Waals surface area (Å²) in [7, 11) is -4.09. The average Bonchev–Trinajstić information content (AvgIpc) is 2.82. The number of β-amino-alcohol motifs (C(OH)–C–C–N with tert-alkyl or cyclic N) is 1. The maximum absolute atomic E-state index is 12.3. The number of rotatable bonds is 3. The third-order valence-corrected chi connectivity index (χ3v) is 6.36. The average molecular weight is 346 g/mol. The Balaban J connectivity index is 2.44. The van der Waals surface area contributed by atoms with Gasteiger partial charge in [0, 0.05) is 13.0 Å². The van der Waals surface area contributed by atoms with Crippen LogP contribution in [0.5, 0.6) is 0 Å². The van der Waals surface area contributed by atoms with E-state index in [1.165, 1.54) is 6.07 Å². The lowest BCUT2D eigenvalue weighted by Crippen LogP contribution is -2.40. The Hall–Kier alpha value is -0.380. The van der Waals surface area contributed by atoms with Gasteiger partial charge in [0.25, 0.3) is 0 Å². The second kappa shape index (κ2) is 5.19. The normalized spacial score (nSPS) is 24.8. The Bertz CT molecular complexity index is 614. The van der Waals surface area contributed by atoms with E-state index in [1.54, 1.807) is 0 Å². The van der Waals surface area contributed by atoms with Crippen LogP contribution in [0, 0.1) is 0 Å². The second-order valence-corrected chi connectivity index (χ2v) is 8.15. The van der Waals surface area contributed by atoms with E-state index in [1.807, 2.05) is 0 Å². The van der Waals surface area contributed by atoms with Crippen molar-refractivity contribution in [3.05, 3.63) is 14.7 Å². The van der Waals surface area contributed by atoms with Gasteiger partial charge in [0.05, 0.1) is 10.4 Å². The highest BCUT2D eigenvalue weighted by Crippen LogP contribution is 2.37. The molecule has 2 heterocycles. The van der Waals surface area contributed by atoms with Gasteiger partial charge < -0.3 is 10.2 Å². The molecule has 0 aromatic carbocycles. The number of halogens is 2. The van der Waals surface area contributed by atoms with Gasteiger partial charge in [-0.05, 0) is 6.07 Å². The molecule has 10 heteroatoms. The minimum atomic E-state index is -4.09. The third-order valence-electron chi connectivity index (χ3n) is 2.73. The number of nitrogens with zero attached hydrogens (tertiary/aromatic N) is 1. The predicted molar refractivity (Wildman–Crippen MR) is 70.3 cm³/mol. The molecule has 1 saturated heterocycles. The molecule has 2 N–H and O–H groups in total. The van der Waals surface area contributed by atoms with E-state index >= 15 is 0 Å². The van der Waals surface area contributed by atoms with Crippen molar-refractivity contribution in [1.29, 1.82) is 0 Å². The van der Waals surface area contributed by atoms with Crippen molar-refractivity contribution in [2.75, 3.05) is 6.54 Å². The van der Waals surface area contributed by atoms with E-state index in [2.05, 4.69) is 0 Å². The summed E-state index contributed by atoms with van der Waals surface area (Å²) >= 11 is 12.4. The lowest BCUT2D eigenvalue weighted by molar-refractivity contribution is -0.140. The fourth-order valence-electron chi connectivity index (χ4n) is 1.90. The summed E-state index contributed by atoms with van der Waals surface area (Å²) < 4.78 is 25.6. The molecule has 1 fully saturated rings. The molecule has 6 nitrogen and oxygen atoms in total. The fraction of sp³-hybridized carbons (Fsp3) is 0.444. The Morgan fingerprint density at radius 1 is 1.47 bits per heavy atom. The van der Waals surface area contributed by atoms with E-state index in [9.17, 15) is 18.3 Å². The zero-order chi connectivity index (χ0) is 14.4. The maximum atomic E-state index is 12.3. The number of aliphatic carboxylic acids is 1.